The van der Waals surface area contributed by atoms with Crippen molar-refractivity contribution >= 4 is 28.8 Å². The Kier molecular flexibility index (Phi) is 4.22. The van der Waals surface area contributed by atoms with E-state index in [1.807, 2.05) is 42.5 Å². The molecule has 0 unspecified atom stereocenters. The second-order valence-electron chi connectivity index (χ2n) is 5.71. The summed E-state index contributed by atoms with van der Waals surface area (Å²) in [5.74, 6) is 0. The van der Waals surface area contributed by atoms with Gasteiger partial charge >= 0.3 is 0 Å². The molecule has 2 aromatic heterocycles. The van der Waals surface area contributed by atoms with Crippen molar-refractivity contribution < 1.29 is 5.11 Å². The lowest BCUT2D eigenvalue weighted by Gasteiger charge is -2.05. The van der Waals surface area contributed by atoms with Crippen LogP contribution in [0.25, 0.3) is 28.0 Å². The van der Waals surface area contributed by atoms with Crippen molar-refractivity contribution in [2.24, 2.45) is 0 Å². The van der Waals surface area contributed by atoms with E-state index in [1.165, 1.54) is 0 Å². The summed E-state index contributed by atoms with van der Waals surface area (Å²) in [6.07, 6.45) is 1.71. The monoisotopic (exact) mass is 368 g/mol. The molecule has 0 amide bonds. The molecule has 5 heteroatoms. The number of fused-ring (bicyclic) bond motifs is 1. The number of hydrogen-bond acceptors (Lipinski definition) is 2. The normalized spacial score (nSPS) is 11.2. The van der Waals surface area contributed by atoms with Gasteiger partial charge in [-0.2, -0.15) is 0 Å². The topological polar surface area (TPSA) is 37.5 Å². The molecule has 0 fully saturated rings. The first-order chi connectivity index (χ1) is 12.2. The van der Waals surface area contributed by atoms with Crippen LogP contribution in [0.2, 0.25) is 10.0 Å². The molecule has 25 heavy (non-hydrogen) atoms. The molecule has 0 bridgehead atoms. The Morgan fingerprint density at radius 3 is 2.20 bits per heavy atom. The second-order valence-corrected chi connectivity index (χ2v) is 6.55. The number of aliphatic hydroxyl groups excluding tert-OH is 1. The van der Waals surface area contributed by atoms with E-state index in [4.69, 9.17) is 23.2 Å². The largest absolute Gasteiger partial charge is 0.390 e. The fourth-order valence-electron chi connectivity index (χ4n) is 2.95. The molecular formula is C20H14Cl2N2O. The summed E-state index contributed by atoms with van der Waals surface area (Å²) in [5.41, 5.74) is 5.14. The van der Waals surface area contributed by atoms with Gasteiger partial charge in [-0.25, -0.2) is 4.98 Å². The van der Waals surface area contributed by atoms with Crippen molar-refractivity contribution in [2.45, 2.75) is 6.61 Å². The molecule has 4 aromatic rings. The third-order valence-electron chi connectivity index (χ3n) is 4.16. The quantitative estimate of drug-likeness (QED) is 0.520. The predicted octanol–water partition coefficient (Wildman–Crippen LogP) is 5.47. The summed E-state index contributed by atoms with van der Waals surface area (Å²) >= 11 is 12.3. The molecule has 4 rings (SSSR count). The SMILES string of the molecule is OCc1c(-c2ccc(-c3ccccc3)cc2)nc2c(Cl)cc(Cl)cn12. The lowest BCUT2D eigenvalue weighted by Crippen LogP contribution is -1.94. The first kappa shape index (κ1) is 16.2. The molecular weight excluding hydrogens is 355 g/mol. The smallest absolute Gasteiger partial charge is 0.156 e. The van der Waals surface area contributed by atoms with Gasteiger partial charge < -0.3 is 5.11 Å². The Bertz CT molecular complexity index is 1040. The number of nitrogens with zero attached hydrogens (tertiary/aromatic N) is 2. The lowest BCUT2D eigenvalue weighted by molar-refractivity contribution is 0.276. The maximum atomic E-state index is 9.83. The Morgan fingerprint density at radius 2 is 1.52 bits per heavy atom. The van der Waals surface area contributed by atoms with E-state index < -0.39 is 0 Å². The molecule has 1 N–H and O–H groups in total. The number of rotatable bonds is 3. The first-order valence-electron chi connectivity index (χ1n) is 7.80. The lowest BCUT2D eigenvalue weighted by atomic mass is 10.0. The molecule has 0 radical (unpaired) electrons. The minimum atomic E-state index is -0.159. The van der Waals surface area contributed by atoms with Gasteiger partial charge in [0.1, 0.15) is 0 Å². The maximum absolute atomic E-state index is 9.83. The molecule has 0 saturated carbocycles. The van der Waals surface area contributed by atoms with Crippen molar-refractivity contribution in [2.75, 3.05) is 0 Å². The van der Waals surface area contributed by atoms with Crippen LogP contribution in [-0.4, -0.2) is 14.5 Å². The van der Waals surface area contributed by atoms with Crippen LogP contribution in [0, 0.1) is 0 Å². The number of aromatic nitrogens is 2. The molecule has 3 nitrogen and oxygen atoms in total. The standard InChI is InChI=1S/C20H14Cl2N2O/c21-16-10-17(22)20-23-19(18(12-25)24(20)11-16)15-8-6-14(7-9-15)13-4-2-1-3-5-13/h1-11,25H,12H2. The minimum Gasteiger partial charge on any atom is -0.390 e. The highest BCUT2D eigenvalue weighted by Crippen LogP contribution is 2.31. The van der Waals surface area contributed by atoms with Crippen LogP contribution < -0.4 is 0 Å². The highest BCUT2D eigenvalue weighted by Gasteiger charge is 2.16. The van der Waals surface area contributed by atoms with Gasteiger partial charge in [-0.15, -0.1) is 0 Å². The Labute approximate surface area is 155 Å². The molecule has 0 aliphatic carbocycles. The second kappa shape index (κ2) is 6.52. The van der Waals surface area contributed by atoms with E-state index in [2.05, 4.69) is 17.1 Å². The first-order valence-corrected chi connectivity index (χ1v) is 8.55. The van der Waals surface area contributed by atoms with Crippen LogP contribution >= 0.6 is 23.2 Å². The van der Waals surface area contributed by atoms with Gasteiger partial charge in [-0.3, -0.25) is 4.40 Å². The average molecular weight is 369 g/mol. The Hall–Kier alpha value is -2.33. The van der Waals surface area contributed by atoms with Crippen LogP contribution in [0.5, 0.6) is 0 Å². The van der Waals surface area contributed by atoms with E-state index in [9.17, 15) is 5.11 Å². The van der Waals surface area contributed by atoms with Gasteiger partial charge in [0.15, 0.2) is 5.65 Å². The summed E-state index contributed by atoms with van der Waals surface area (Å²) < 4.78 is 1.74. The van der Waals surface area contributed by atoms with Gasteiger partial charge in [0.25, 0.3) is 0 Å². The average Bonchev–Trinajstić information content (AvgIpc) is 3.01. The summed E-state index contributed by atoms with van der Waals surface area (Å²) in [4.78, 5) is 4.61. The summed E-state index contributed by atoms with van der Waals surface area (Å²) in [6.45, 7) is -0.159. The van der Waals surface area contributed by atoms with Gasteiger partial charge in [0.2, 0.25) is 0 Å². The summed E-state index contributed by atoms with van der Waals surface area (Å²) in [5, 5.41) is 10.8. The van der Waals surface area contributed by atoms with E-state index in [0.29, 0.717) is 27.1 Å². The molecule has 0 aliphatic heterocycles. The molecule has 0 atom stereocenters. The van der Waals surface area contributed by atoms with Crippen molar-refractivity contribution in [1.82, 2.24) is 9.38 Å². The Morgan fingerprint density at radius 1 is 0.880 bits per heavy atom. The van der Waals surface area contributed by atoms with E-state index >= 15 is 0 Å². The zero-order valence-electron chi connectivity index (χ0n) is 13.2. The predicted molar refractivity (Wildman–Crippen MR) is 102 cm³/mol. The van der Waals surface area contributed by atoms with E-state index in [0.717, 1.165) is 16.7 Å². The van der Waals surface area contributed by atoms with Crippen molar-refractivity contribution in [1.29, 1.82) is 0 Å². The highest BCUT2D eigenvalue weighted by molar-refractivity contribution is 6.36. The van der Waals surface area contributed by atoms with Crippen LogP contribution in [0.3, 0.4) is 0 Å². The van der Waals surface area contributed by atoms with E-state index in [1.54, 1.807) is 16.7 Å². The van der Waals surface area contributed by atoms with E-state index in [-0.39, 0.29) is 6.61 Å². The molecule has 0 saturated heterocycles. The molecule has 0 spiro atoms. The number of benzene rings is 2. The maximum Gasteiger partial charge on any atom is 0.156 e. The van der Waals surface area contributed by atoms with Gasteiger partial charge in [-0.1, -0.05) is 77.8 Å². The van der Waals surface area contributed by atoms with Crippen LogP contribution in [0.4, 0.5) is 0 Å². The van der Waals surface area contributed by atoms with Crippen LogP contribution in [0.1, 0.15) is 5.69 Å². The summed E-state index contributed by atoms with van der Waals surface area (Å²) in [6, 6.07) is 19.9. The molecule has 124 valence electrons. The third-order valence-corrected chi connectivity index (χ3v) is 4.64. The van der Waals surface area contributed by atoms with Gasteiger partial charge in [0.05, 0.1) is 28.0 Å². The zero-order valence-corrected chi connectivity index (χ0v) is 14.7. The number of aliphatic hydroxyl groups is 1. The third kappa shape index (κ3) is 2.91. The van der Waals surface area contributed by atoms with Gasteiger partial charge in [0, 0.05) is 11.8 Å². The Balaban J connectivity index is 1.83. The molecule has 0 aliphatic rings. The summed E-state index contributed by atoms with van der Waals surface area (Å²) in [7, 11) is 0. The highest BCUT2D eigenvalue weighted by atomic mass is 35.5. The number of halogens is 2. The number of hydrogen-bond donors (Lipinski definition) is 1. The zero-order chi connectivity index (χ0) is 17.4. The van der Waals surface area contributed by atoms with Crippen LogP contribution in [-0.2, 0) is 6.61 Å². The van der Waals surface area contributed by atoms with Crippen LogP contribution in [0.15, 0.2) is 66.9 Å². The van der Waals surface area contributed by atoms with Crippen molar-refractivity contribution in [3.8, 4) is 22.4 Å². The van der Waals surface area contributed by atoms with Crippen molar-refractivity contribution in [3.05, 3.63) is 82.6 Å². The molecule has 2 heterocycles. The fourth-order valence-corrected chi connectivity index (χ4v) is 3.47. The van der Waals surface area contributed by atoms with Gasteiger partial charge in [-0.05, 0) is 17.2 Å². The number of imidazole rings is 1. The van der Waals surface area contributed by atoms with Crippen molar-refractivity contribution in [3.63, 3.8) is 0 Å². The molecule has 2 aromatic carbocycles. The number of pyridine rings is 1. The minimum absolute atomic E-state index is 0.159. The fraction of sp³-hybridized carbons (Fsp3) is 0.0500.